The third kappa shape index (κ3) is 2.18. The van der Waals surface area contributed by atoms with Gasteiger partial charge in [0.2, 0.25) is 0 Å². The fourth-order valence-corrected chi connectivity index (χ4v) is 2.06. The van der Waals surface area contributed by atoms with Crippen molar-refractivity contribution in [1.29, 1.82) is 0 Å². The zero-order valence-corrected chi connectivity index (χ0v) is 9.72. The van der Waals surface area contributed by atoms with E-state index in [9.17, 15) is 9.18 Å². The van der Waals surface area contributed by atoms with Gasteiger partial charge in [0, 0.05) is 11.2 Å². The molecule has 92 valence electrons. The Labute approximate surface area is 99.2 Å². The first-order valence-electron chi connectivity index (χ1n) is 5.58. The monoisotopic (exact) mass is 237 g/mol. The van der Waals surface area contributed by atoms with E-state index in [1.807, 2.05) is 6.92 Å². The standard InChI is InChI=1S/C12H16FN3O/c1-12(3-2-4-12)16-10-5-7(11(15)17)9(14)6-8(10)13/h5-6,16H,2-4,14H2,1H3,(H2,15,17). The highest BCUT2D eigenvalue weighted by Gasteiger charge is 2.32. The number of nitrogen functional groups attached to an aromatic ring is 1. The van der Waals surface area contributed by atoms with Crippen molar-refractivity contribution in [2.24, 2.45) is 5.73 Å². The number of anilines is 2. The van der Waals surface area contributed by atoms with E-state index in [0.29, 0.717) is 0 Å². The minimum atomic E-state index is -0.649. The second kappa shape index (κ2) is 3.91. The second-order valence-electron chi connectivity index (χ2n) is 4.82. The summed E-state index contributed by atoms with van der Waals surface area (Å²) in [4.78, 5) is 11.1. The summed E-state index contributed by atoms with van der Waals surface area (Å²) >= 11 is 0. The number of carbonyl (C=O) groups is 1. The van der Waals surface area contributed by atoms with E-state index < -0.39 is 11.7 Å². The molecule has 1 saturated carbocycles. The van der Waals surface area contributed by atoms with Crippen molar-refractivity contribution in [2.75, 3.05) is 11.1 Å². The van der Waals surface area contributed by atoms with Crippen molar-refractivity contribution in [2.45, 2.75) is 31.7 Å². The number of nitrogens with two attached hydrogens (primary N) is 2. The summed E-state index contributed by atoms with van der Waals surface area (Å²) in [6.07, 6.45) is 3.11. The molecule has 5 heteroatoms. The number of amides is 1. The van der Waals surface area contributed by atoms with Crippen molar-refractivity contribution in [3.63, 3.8) is 0 Å². The molecule has 1 aliphatic carbocycles. The number of rotatable bonds is 3. The van der Waals surface area contributed by atoms with Gasteiger partial charge in [-0.25, -0.2) is 4.39 Å². The third-order valence-corrected chi connectivity index (χ3v) is 3.30. The molecule has 1 aromatic carbocycles. The SMILES string of the molecule is CC1(Nc2cc(C(N)=O)c(N)cc2F)CCC1. The molecule has 0 aliphatic heterocycles. The largest absolute Gasteiger partial charge is 0.398 e. The first-order chi connectivity index (χ1) is 7.91. The van der Waals surface area contributed by atoms with E-state index in [4.69, 9.17) is 11.5 Å². The number of carbonyl (C=O) groups excluding carboxylic acids is 1. The molecule has 1 amide bonds. The topological polar surface area (TPSA) is 81.1 Å². The Balaban J connectivity index is 2.33. The van der Waals surface area contributed by atoms with Gasteiger partial charge in [-0.15, -0.1) is 0 Å². The molecule has 1 fully saturated rings. The smallest absolute Gasteiger partial charge is 0.250 e. The Morgan fingerprint density at radius 3 is 2.59 bits per heavy atom. The average Bonchev–Trinajstić information content (AvgIpc) is 2.19. The summed E-state index contributed by atoms with van der Waals surface area (Å²) in [7, 11) is 0. The molecular formula is C12H16FN3O. The highest BCUT2D eigenvalue weighted by Crippen LogP contribution is 2.36. The molecule has 1 aliphatic rings. The molecule has 0 saturated heterocycles. The maximum Gasteiger partial charge on any atom is 0.250 e. The Kier molecular flexibility index (Phi) is 2.69. The second-order valence-corrected chi connectivity index (χ2v) is 4.82. The molecular weight excluding hydrogens is 221 g/mol. The van der Waals surface area contributed by atoms with Gasteiger partial charge in [0.15, 0.2) is 0 Å². The van der Waals surface area contributed by atoms with Crippen LogP contribution in [0.4, 0.5) is 15.8 Å². The molecule has 1 aromatic rings. The summed E-state index contributed by atoms with van der Waals surface area (Å²) in [6.45, 7) is 2.02. The van der Waals surface area contributed by atoms with Gasteiger partial charge in [0.1, 0.15) is 5.82 Å². The maximum atomic E-state index is 13.7. The van der Waals surface area contributed by atoms with Crippen LogP contribution in [0.25, 0.3) is 0 Å². The van der Waals surface area contributed by atoms with Crippen LogP contribution in [0.1, 0.15) is 36.5 Å². The molecule has 17 heavy (non-hydrogen) atoms. The van der Waals surface area contributed by atoms with Crippen molar-refractivity contribution in [1.82, 2.24) is 0 Å². The lowest BCUT2D eigenvalue weighted by Crippen LogP contribution is -2.42. The molecule has 4 nitrogen and oxygen atoms in total. The summed E-state index contributed by atoms with van der Waals surface area (Å²) in [6, 6.07) is 2.51. The van der Waals surface area contributed by atoms with Crippen molar-refractivity contribution in [3.8, 4) is 0 Å². The van der Waals surface area contributed by atoms with Gasteiger partial charge in [0.05, 0.1) is 11.3 Å². The van der Waals surface area contributed by atoms with E-state index in [1.54, 1.807) is 0 Å². The fraction of sp³-hybridized carbons (Fsp3) is 0.417. The molecule has 0 radical (unpaired) electrons. The molecule has 0 heterocycles. The third-order valence-electron chi connectivity index (χ3n) is 3.30. The van der Waals surface area contributed by atoms with Crippen LogP contribution in [0.2, 0.25) is 0 Å². The predicted octanol–water partition coefficient (Wildman–Crippen LogP) is 1.86. The van der Waals surface area contributed by atoms with Crippen LogP contribution in [-0.2, 0) is 0 Å². The Morgan fingerprint density at radius 2 is 2.12 bits per heavy atom. The molecule has 0 aromatic heterocycles. The van der Waals surface area contributed by atoms with Crippen LogP contribution in [-0.4, -0.2) is 11.4 Å². The Hall–Kier alpha value is -1.78. The minimum Gasteiger partial charge on any atom is -0.398 e. The van der Waals surface area contributed by atoms with Gasteiger partial charge in [-0.2, -0.15) is 0 Å². The molecule has 2 rings (SSSR count). The van der Waals surface area contributed by atoms with Gasteiger partial charge in [-0.3, -0.25) is 4.79 Å². The number of nitrogens with one attached hydrogen (secondary N) is 1. The highest BCUT2D eigenvalue weighted by atomic mass is 19.1. The van der Waals surface area contributed by atoms with Crippen LogP contribution in [0.3, 0.4) is 0 Å². The van der Waals surface area contributed by atoms with Crippen LogP contribution in [0.5, 0.6) is 0 Å². The normalized spacial score (nSPS) is 17.3. The number of hydrogen-bond donors (Lipinski definition) is 3. The maximum absolute atomic E-state index is 13.7. The highest BCUT2D eigenvalue weighted by molar-refractivity contribution is 5.99. The quantitative estimate of drug-likeness (QED) is 0.702. The molecule has 0 unspecified atom stereocenters. The van der Waals surface area contributed by atoms with Crippen molar-refractivity contribution in [3.05, 3.63) is 23.5 Å². The van der Waals surface area contributed by atoms with Crippen LogP contribution >= 0.6 is 0 Å². The first-order valence-corrected chi connectivity index (χ1v) is 5.58. The number of hydrogen-bond acceptors (Lipinski definition) is 3. The number of halogens is 1. The van der Waals surface area contributed by atoms with Gasteiger partial charge in [0.25, 0.3) is 5.91 Å². The zero-order valence-electron chi connectivity index (χ0n) is 9.72. The predicted molar refractivity (Wildman–Crippen MR) is 65.2 cm³/mol. The Bertz CT molecular complexity index is 469. The lowest BCUT2D eigenvalue weighted by Gasteiger charge is -2.40. The number of primary amides is 1. The van der Waals surface area contributed by atoms with Gasteiger partial charge in [-0.05, 0) is 38.3 Å². The van der Waals surface area contributed by atoms with Crippen molar-refractivity contribution >= 4 is 17.3 Å². The van der Waals surface area contributed by atoms with Crippen LogP contribution < -0.4 is 16.8 Å². The van der Waals surface area contributed by atoms with E-state index in [-0.39, 0.29) is 22.5 Å². The van der Waals surface area contributed by atoms with E-state index in [2.05, 4.69) is 5.32 Å². The molecule has 0 spiro atoms. The molecule has 0 atom stereocenters. The summed E-state index contributed by atoms with van der Waals surface area (Å²) in [5, 5.41) is 3.11. The number of benzene rings is 1. The summed E-state index contributed by atoms with van der Waals surface area (Å²) < 4.78 is 13.7. The van der Waals surface area contributed by atoms with Gasteiger partial charge >= 0.3 is 0 Å². The minimum absolute atomic E-state index is 0.0688. The average molecular weight is 237 g/mol. The molecule has 5 N–H and O–H groups in total. The summed E-state index contributed by atoms with van der Waals surface area (Å²) in [5.41, 5.74) is 11.1. The van der Waals surface area contributed by atoms with Crippen molar-refractivity contribution < 1.29 is 9.18 Å². The van der Waals surface area contributed by atoms with Gasteiger partial charge in [-0.1, -0.05) is 0 Å². The van der Waals surface area contributed by atoms with E-state index in [1.165, 1.54) is 6.07 Å². The first kappa shape index (κ1) is 11.7. The Morgan fingerprint density at radius 1 is 1.47 bits per heavy atom. The summed E-state index contributed by atoms with van der Waals surface area (Å²) in [5.74, 6) is -1.11. The lowest BCUT2D eigenvalue weighted by atomic mass is 9.78. The van der Waals surface area contributed by atoms with Crippen LogP contribution in [0.15, 0.2) is 12.1 Å². The van der Waals surface area contributed by atoms with Gasteiger partial charge < -0.3 is 16.8 Å². The lowest BCUT2D eigenvalue weighted by molar-refractivity contribution is 0.100. The zero-order chi connectivity index (χ0) is 12.6. The molecule has 0 bridgehead atoms. The van der Waals surface area contributed by atoms with E-state index >= 15 is 0 Å². The fourth-order valence-electron chi connectivity index (χ4n) is 2.06. The van der Waals surface area contributed by atoms with Crippen LogP contribution in [0, 0.1) is 5.82 Å². The van der Waals surface area contributed by atoms with E-state index in [0.717, 1.165) is 25.3 Å².